The average molecular weight is 356 g/mol. The molecule has 1 aromatic heterocycles. The second-order valence-electron chi connectivity index (χ2n) is 5.54. The van der Waals surface area contributed by atoms with Crippen molar-refractivity contribution in [3.63, 3.8) is 0 Å². The van der Waals surface area contributed by atoms with Gasteiger partial charge in [0.1, 0.15) is 5.75 Å². The Bertz CT molecular complexity index is 868. The Balaban J connectivity index is 1.97. The summed E-state index contributed by atoms with van der Waals surface area (Å²) in [5, 5.41) is 3.83. The Morgan fingerprint density at radius 3 is 2.40 bits per heavy atom. The van der Waals surface area contributed by atoms with Crippen LogP contribution in [0, 0.1) is 0 Å². The molecular formula is C18H18ClN5O. The van der Waals surface area contributed by atoms with Crippen molar-refractivity contribution in [3.8, 4) is 17.1 Å². The Labute approximate surface area is 151 Å². The molecule has 0 aliphatic heterocycles. The van der Waals surface area contributed by atoms with Gasteiger partial charge in [0.15, 0.2) is 5.82 Å². The Kier molecular flexibility index (Phi) is 5.00. The molecule has 25 heavy (non-hydrogen) atoms. The van der Waals surface area contributed by atoms with Gasteiger partial charge in [0.2, 0.25) is 11.9 Å². The first-order chi connectivity index (χ1) is 12.0. The highest BCUT2D eigenvalue weighted by molar-refractivity contribution is 6.30. The van der Waals surface area contributed by atoms with E-state index in [2.05, 4.69) is 20.3 Å². The van der Waals surface area contributed by atoms with Gasteiger partial charge in [-0.3, -0.25) is 0 Å². The summed E-state index contributed by atoms with van der Waals surface area (Å²) in [5.41, 5.74) is 1.68. The van der Waals surface area contributed by atoms with Crippen molar-refractivity contribution in [1.82, 2.24) is 15.0 Å². The maximum absolute atomic E-state index is 6.09. The second-order valence-corrected chi connectivity index (χ2v) is 5.98. The van der Waals surface area contributed by atoms with E-state index >= 15 is 0 Å². The highest BCUT2D eigenvalue weighted by atomic mass is 35.5. The van der Waals surface area contributed by atoms with Crippen molar-refractivity contribution >= 4 is 29.2 Å². The third-order valence-electron chi connectivity index (χ3n) is 3.45. The average Bonchev–Trinajstić information content (AvgIpc) is 2.62. The number of aromatic nitrogens is 3. The monoisotopic (exact) mass is 355 g/mol. The van der Waals surface area contributed by atoms with Crippen LogP contribution in [-0.2, 0) is 0 Å². The molecular weight excluding hydrogens is 338 g/mol. The summed E-state index contributed by atoms with van der Waals surface area (Å²) in [6.07, 6.45) is 0. The third-order valence-corrected chi connectivity index (χ3v) is 3.69. The van der Waals surface area contributed by atoms with Crippen molar-refractivity contribution < 1.29 is 4.74 Å². The number of nitrogens with zero attached hydrogens (tertiary/aromatic N) is 4. The van der Waals surface area contributed by atoms with Crippen LogP contribution in [-0.4, -0.2) is 36.2 Å². The number of nitrogens with one attached hydrogen (secondary N) is 1. The van der Waals surface area contributed by atoms with Crippen molar-refractivity contribution in [2.45, 2.75) is 0 Å². The first kappa shape index (κ1) is 17.0. The summed E-state index contributed by atoms with van der Waals surface area (Å²) >= 11 is 6.09. The maximum Gasteiger partial charge on any atom is 0.232 e. The van der Waals surface area contributed by atoms with Gasteiger partial charge in [-0.25, -0.2) is 0 Å². The molecule has 0 bridgehead atoms. The fourth-order valence-corrected chi connectivity index (χ4v) is 2.37. The minimum Gasteiger partial charge on any atom is -0.497 e. The third kappa shape index (κ3) is 4.16. The SMILES string of the molecule is COc1ccc(Nc2nc(-c3cccc(Cl)c3)nc(N(C)C)n2)cc1. The molecule has 0 aliphatic rings. The minimum atomic E-state index is 0.457. The Morgan fingerprint density at radius 1 is 1.00 bits per heavy atom. The van der Waals surface area contributed by atoms with Crippen LogP contribution in [0.15, 0.2) is 48.5 Å². The van der Waals surface area contributed by atoms with Crippen LogP contribution in [0.3, 0.4) is 0 Å². The lowest BCUT2D eigenvalue weighted by atomic mass is 10.2. The Hall–Kier alpha value is -2.86. The topological polar surface area (TPSA) is 63.2 Å². The molecule has 1 heterocycles. The van der Waals surface area contributed by atoms with Gasteiger partial charge in [0.25, 0.3) is 0 Å². The zero-order valence-electron chi connectivity index (χ0n) is 14.2. The van der Waals surface area contributed by atoms with Crippen molar-refractivity contribution in [1.29, 1.82) is 0 Å². The van der Waals surface area contributed by atoms with E-state index in [0.29, 0.717) is 22.7 Å². The molecule has 1 N–H and O–H groups in total. The predicted octanol–water partition coefficient (Wildman–Crippen LogP) is 4.01. The molecule has 0 spiro atoms. The largest absolute Gasteiger partial charge is 0.497 e. The van der Waals surface area contributed by atoms with Gasteiger partial charge in [-0.15, -0.1) is 0 Å². The zero-order chi connectivity index (χ0) is 17.8. The minimum absolute atomic E-state index is 0.457. The summed E-state index contributed by atoms with van der Waals surface area (Å²) in [4.78, 5) is 15.3. The molecule has 0 saturated heterocycles. The summed E-state index contributed by atoms with van der Waals surface area (Å²) in [5.74, 6) is 2.35. The van der Waals surface area contributed by atoms with Crippen LogP contribution in [0.2, 0.25) is 5.02 Å². The van der Waals surface area contributed by atoms with Gasteiger partial charge >= 0.3 is 0 Å². The van der Waals surface area contributed by atoms with Crippen LogP contribution in [0.5, 0.6) is 5.75 Å². The van der Waals surface area contributed by atoms with E-state index in [1.165, 1.54) is 0 Å². The number of rotatable bonds is 5. The predicted molar refractivity (Wildman–Crippen MR) is 101 cm³/mol. The molecule has 0 saturated carbocycles. The number of methoxy groups -OCH3 is 1. The van der Waals surface area contributed by atoms with Crippen LogP contribution < -0.4 is 15.0 Å². The van der Waals surface area contributed by atoms with Gasteiger partial charge in [0.05, 0.1) is 7.11 Å². The molecule has 6 nitrogen and oxygen atoms in total. The number of hydrogen-bond acceptors (Lipinski definition) is 6. The molecule has 2 aromatic carbocycles. The van der Waals surface area contributed by atoms with Gasteiger partial charge in [-0.1, -0.05) is 23.7 Å². The molecule has 3 aromatic rings. The van der Waals surface area contributed by atoms with Gasteiger partial charge in [0, 0.05) is 30.4 Å². The van der Waals surface area contributed by atoms with Crippen LogP contribution in [0.4, 0.5) is 17.6 Å². The summed E-state index contributed by atoms with van der Waals surface area (Å²) in [6, 6.07) is 15.0. The van der Waals surface area contributed by atoms with Crippen molar-refractivity contribution in [3.05, 3.63) is 53.6 Å². The second kappa shape index (κ2) is 7.36. The van der Waals surface area contributed by atoms with E-state index in [1.54, 1.807) is 7.11 Å². The summed E-state index contributed by atoms with van der Waals surface area (Å²) in [6.45, 7) is 0. The van der Waals surface area contributed by atoms with Crippen molar-refractivity contribution in [2.75, 3.05) is 31.4 Å². The standard InChI is InChI=1S/C18H18ClN5O/c1-24(2)18-22-16(12-5-4-6-13(19)11-12)21-17(23-18)20-14-7-9-15(25-3)10-8-14/h4-11H,1-3H3,(H,20,21,22,23). The van der Waals surface area contributed by atoms with E-state index in [1.807, 2.05) is 67.5 Å². The number of ether oxygens (including phenoxy) is 1. The lowest BCUT2D eigenvalue weighted by molar-refractivity contribution is 0.415. The first-order valence-corrected chi connectivity index (χ1v) is 8.03. The lowest BCUT2D eigenvalue weighted by Crippen LogP contribution is -2.15. The molecule has 0 fully saturated rings. The fraction of sp³-hybridized carbons (Fsp3) is 0.167. The van der Waals surface area contributed by atoms with Gasteiger partial charge < -0.3 is 15.0 Å². The normalized spacial score (nSPS) is 10.4. The van der Waals surface area contributed by atoms with Gasteiger partial charge in [-0.05, 0) is 36.4 Å². The first-order valence-electron chi connectivity index (χ1n) is 7.65. The fourth-order valence-electron chi connectivity index (χ4n) is 2.18. The van der Waals surface area contributed by atoms with Crippen LogP contribution in [0.25, 0.3) is 11.4 Å². The van der Waals surface area contributed by atoms with E-state index in [9.17, 15) is 0 Å². The maximum atomic E-state index is 6.09. The Morgan fingerprint density at radius 2 is 1.76 bits per heavy atom. The van der Waals surface area contributed by atoms with Crippen molar-refractivity contribution in [2.24, 2.45) is 0 Å². The zero-order valence-corrected chi connectivity index (χ0v) is 14.9. The molecule has 3 rings (SSSR count). The number of hydrogen-bond donors (Lipinski definition) is 1. The van der Waals surface area contributed by atoms with E-state index in [0.717, 1.165) is 17.0 Å². The molecule has 0 radical (unpaired) electrons. The summed E-state index contributed by atoms with van der Waals surface area (Å²) in [7, 11) is 5.40. The number of benzene rings is 2. The van der Waals surface area contributed by atoms with E-state index in [-0.39, 0.29) is 0 Å². The van der Waals surface area contributed by atoms with E-state index in [4.69, 9.17) is 16.3 Å². The smallest absolute Gasteiger partial charge is 0.232 e. The molecule has 0 atom stereocenters. The number of halogens is 1. The van der Waals surface area contributed by atoms with E-state index < -0.39 is 0 Å². The quantitative estimate of drug-likeness (QED) is 0.746. The lowest BCUT2D eigenvalue weighted by Gasteiger charge is -2.14. The van der Waals surface area contributed by atoms with Crippen LogP contribution in [0.1, 0.15) is 0 Å². The molecule has 128 valence electrons. The van der Waals surface area contributed by atoms with Crippen LogP contribution >= 0.6 is 11.6 Å². The molecule has 0 unspecified atom stereocenters. The highest BCUT2D eigenvalue weighted by Crippen LogP contribution is 2.24. The summed E-state index contributed by atoms with van der Waals surface area (Å²) < 4.78 is 5.17. The van der Waals surface area contributed by atoms with Gasteiger partial charge in [-0.2, -0.15) is 15.0 Å². The molecule has 0 amide bonds. The number of anilines is 3. The molecule has 0 aliphatic carbocycles. The highest BCUT2D eigenvalue weighted by Gasteiger charge is 2.11. The molecule has 7 heteroatoms.